The van der Waals surface area contributed by atoms with Gasteiger partial charge in [0, 0.05) is 23.4 Å². The molecule has 0 saturated heterocycles. The molecular weight excluding hydrogens is 190 g/mol. The quantitative estimate of drug-likeness (QED) is 0.759. The summed E-state index contributed by atoms with van der Waals surface area (Å²) in [5, 5.41) is 9.65. The molecule has 13 heavy (non-hydrogen) atoms. The highest BCUT2D eigenvalue weighted by Crippen LogP contribution is 2.18. The van der Waals surface area contributed by atoms with Crippen molar-refractivity contribution in [3.8, 4) is 0 Å². The maximum atomic E-state index is 10.6. The van der Waals surface area contributed by atoms with E-state index in [9.17, 15) is 4.79 Å². The summed E-state index contributed by atoms with van der Waals surface area (Å²) in [5.41, 5.74) is 0.953. The topological polar surface area (TPSA) is 42.2 Å². The van der Waals surface area contributed by atoms with Crippen LogP contribution in [0.4, 0.5) is 0 Å². The van der Waals surface area contributed by atoms with E-state index >= 15 is 0 Å². The Bertz CT molecular complexity index is 475. The lowest BCUT2D eigenvalue weighted by Crippen LogP contribution is -1.95. The summed E-state index contributed by atoms with van der Waals surface area (Å²) in [6, 6.07) is 6.66. The fourth-order valence-electron chi connectivity index (χ4n) is 1.23. The Kier molecular flexibility index (Phi) is 1.74. The Hall–Kier alpha value is -1.48. The molecule has 66 valence electrons. The Labute approximate surface area is 79.3 Å². The normalized spacial score (nSPS) is 10.5. The van der Waals surface area contributed by atoms with Crippen LogP contribution in [-0.4, -0.2) is 15.2 Å². The minimum absolute atomic E-state index is 0.244. The number of nitrogens with zero attached hydrogens (tertiary/aromatic N) is 1. The van der Waals surface area contributed by atoms with Crippen LogP contribution < -0.4 is 0 Å². The molecule has 2 rings (SSSR count). The molecule has 2 aromatic rings. The summed E-state index contributed by atoms with van der Waals surface area (Å²) in [4.78, 5) is 10.6. The number of halogens is 1. The first-order valence-electron chi connectivity index (χ1n) is 3.69. The first kappa shape index (κ1) is 8.13. The van der Waals surface area contributed by atoms with Crippen molar-refractivity contribution in [2.45, 2.75) is 0 Å². The van der Waals surface area contributed by atoms with Gasteiger partial charge in [0.2, 0.25) is 0 Å². The molecule has 0 atom stereocenters. The fraction of sp³-hybridized carbons (Fsp3) is 0. The summed E-state index contributed by atoms with van der Waals surface area (Å²) in [6.07, 6.45) is 1.68. The highest BCUT2D eigenvalue weighted by atomic mass is 35.5. The summed E-state index contributed by atoms with van der Waals surface area (Å²) in [5.74, 6) is -0.945. The summed E-state index contributed by atoms with van der Waals surface area (Å²) >= 11 is 5.77. The van der Waals surface area contributed by atoms with Crippen LogP contribution >= 0.6 is 11.8 Å². The second-order valence-electron chi connectivity index (χ2n) is 2.71. The van der Waals surface area contributed by atoms with Crippen LogP contribution in [0.5, 0.6) is 0 Å². The first-order chi connectivity index (χ1) is 6.18. The van der Waals surface area contributed by atoms with Gasteiger partial charge in [0.05, 0.1) is 11.1 Å². The fourth-order valence-corrected chi connectivity index (χ4v) is 1.43. The molecule has 0 aliphatic rings. The van der Waals surface area contributed by atoms with Gasteiger partial charge < -0.3 is 5.11 Å². The molecule has 0 radical (unpaired) electrons. The molecule has 0 saturated carbocycles. The van der Waals surface area contributed by atoms with Gasteiger partial charge in [-0.15, -0.1) is 0 Å². The smallest absolute Gasteiger partial charge is 0.335 e. The van der Waals surface area contributed by atoms with E-state index in [2.05, 4.69) is 0 Å². The molecule has 0 aliphatic carbocycles. The van der Waals surface area contributed by atoms with E-state index in [0.29, 0.717) is 5.52 Å². The lowest BCUT2D eigenvalue weighted by molar-refractivity contribution is 0.0697. The van der Waals surface area contributed by atoms with Crippen molar-refractivity contribution >= 4 is 28.6 Å². The Morgan fingerprint density at radius 3 is 2.85 bits per heavy atom. The number of hydrogen-bond acceptors (Lipinski definition) is 1. The zero-order chi connectivity index (χ0) is 9.42. The van der Waals surface area contributed by atoms with Gasteiger partial charge in [-0.3, -0.25) is 4.09 Å². The highest BCUT2D eigenvalue weighted by Gasteiger charge is 2.05. The van der Waals surface area contributed by atoms with E-state index in [0.717, 1.165) is 5.39 Å². The highest BCUT2D eigenvalue weighted by molar-refractivity contribution is 6.19. The maximum absolute atomic E-state index is 10.6. The Morgan fingerprint density at radius 2 is 2.15 bits per heavy atom. The number of aromatic nitrogens is 1. The molecular formula is C9H6ClNO2. The monoisotopic (exact) mass is 195 g/mol. The number of aromatic carboxylic acids is 1. The summed E-state index contributed by atoms with van der Waals surface area (Å²) < 4.78 is 1.38. The molecule has 0 spiro atoms. The lowest BCUT2D eigenvalue weighted by atomic mass is 10.2. The SMILES string of the molecule is O=C(O)c1ccc2ccn(Cl)c2c1. The molecule has 0 fully saturated rings. The van der Waals surface area contributed by atoms with Gasteiger partial charge in [-0.1, -0.05) is 6.07 Å². The van der Waals surface area contributed by atoms with Crippen LogP contribution in [0.2, 0.25) is 0 Å². The standard InChI is InChI=1S/C9H6ClNO2/c10-11-4-3-6-1-2-7(9(12)13)5-8(6)11/h1-5H,(H,12,13). The largest absolute Gasteiger partial charge is 0.478 e. The van der Waals surface area contributed by atoms with Crippen LogP contribution in [0, 0.1) is 0 Å². The van der Waals surface area contributed by atoms with Gasteiger partial charge in [0.1, 0.15) is 0 Å². The third-order valence-corrected chi connectivity index (χ3v) is 2.19. The van der Waals surface area contributed by atoms with Gasteiger partial charge in [0.25, 0.3) is 0 Å². The third-order valence-electron chi connectivity index (χ3n) is 1.89. The minimum Gasteiger partial charge on any atom is -0.478 e. The average Bonchev–Trinajstić information content (AvgIpc) is 2.47. The molecule has 4 heteroatoms. The zero-order valence-corrected chi connectivity index (χ0v) is 7.32. The van der Waals surface area contributed by atoms with E-state index in [1.54, 1.807) is 24.4 Å². The zero-order valence-electron chi connectivity index (χ0n) is 6.57. The molecule has 3 nitrogen and oxygen atoms in total. The lowest BCUT2D eigenvalue weighted by Gasteiger charge is -1.96. The number of carbonyl (C=O) groups is 1. The molecule has 1 N–H and O–H groups in total. The third kappa shape index (κ3) is 1.27. The molecule has 1 aromatic carbocycles. The van der Waals surface area contributed by atoms with Crippen LogP contribution in [0.1, 0.15) is 10.4 Å². The Balaban J connectivity index is 2.72. The van der Waals surface area contributed by atoms with Gasteiger partial charge in [0.15, 0.2) is 0 Å². The van der Waals surface area contributed by atoms with Gasteiger partial charge in [-0.05, 0) is 18.2 Å². The number of carboxylic acids is 1. The molecule has 0 aliphatic heterocycles. The van der Waals surface area contributed by atoms with E-state index in [4.69, 9.17) is 16.9 Å². The molecule has 1 heterocycles. The predicted octanol–water partition coefficient (Wildman–Crippen LogP) is 2.34. The number of rotatable bonds is 1. The average molecular weight is 196 g/mol. The molecule has 1 aromatic heterocycles. The molecule has 0 amide bonds. The van der Waals surface area contributed by atoms with Gasteiger partial charge in [-0.2, -0.15) is 0 Å². The van der Waals surface area contributed by atoms with Crippen molar-refractivity contribution in [1.82, 2.24) is 4.09 Å². The van der Waals surface area contributed by atoms with Crippen molar-refractivity contribution in [1.29, 1.82) is 0 Å². The number of benzene rings is 1. The number of fused-ring (bicyclic) bond motifs is 1. The van der Waals surface area contributed by atoms with Crippen LogP contribution in [-0.2, 0) is 0 Å². The van der Waals surface area contributed by atoms with E-state index in [1.807, 2.05) is 6.07 Å². The second kappa shape index (κ2) is 2.78. The summed E-state index contributed by atoms with van der Waals surface area (Å²) in [6.45, 7) is 0. The maximum Gasteiger partial charge on any atom is 0.335 e. The van der Waals surface area contributed by atoms with Gasteiger partial charge >= 0.3 is 5.97 Å². The van der Waals surface area contributed by atoms with Crippen molar-refractivity contribution in [2.75, 3.05) is 0 Å². The van der Waals surface area contributed by atoms with E-state index in [-0.39, 0.29) is 5.56 Å². The predicted molar refractivity (Wildman–Crippen MR) is 50.1 cm³/mol. The van der Waals surface area contributed by atoms with Gasteiger partial charge in [-0.25, -0.2) is 4.79 Å². The first-order valence-corrected chi connectivity index (χ1v) is 4.03. The molecule has 0 unspecified atom stereocenters. The second-order valence-corrected chi connectivity index (χ2v) is 3.07. The van der Waals surface area contributed by atoms with Crippen molar-refractivity contribution in [3.05, 3.63) is 36.0 Å². The van der Waals surface area contributed by atoms with Crippen molar-refractivity contribution in [3.63, 3.8) is 0 Å². The van der Waals surface area contributed by atoms with Crippen LogP contribution in [0.3, 0.4) is 0 Å². The Morgan fingerprint density at radius 1 is 1.38 bits per heavy atom. The van der Waals surface area contributed by atoms with E-state index < -0.39 is 5.97 Å². The van der Waals surface area contributed by atoms with E-state index in [1.165, 1.54) is 4.09 Å². The molecule has 0 bridgehead atoms. The number of hydrogen-bond donors (Lipinski definition) is 1. The van der Waals surface area contributed by atoms with Crippen LogP contribution in [0.25, 0.3) is 10.9 Å². The van der Waals surface area contributed by atoms with Crippen LogP contribution in [0.15, 0.2) is 30.5 Å². The minimum atomic E-state index is -0.945. The summed E-state index contributed by atoms with van der Waals surface area (Å²) in [7, 11) is 0. The van der Waals surface area contributed by atoms with Crippen molar-refractivity contribution < 1.29 is 9.90 Å². The van der Waals surface area contributed by atoms with Crippen molar-refractivity contribution in [2.24, 2.45) is 0 Å². The number of carboxylic acid groups (broad SMARTS) is 1.